The Morgan fingerprint density at radius 1 is 1.00 bits per heavy atom. The smallest absolute Gasteiger partial charge is 0.297 e. The summed E-state index contributed by atoms with van der Waals surface area (Å²) in [5.41, 5.74) is 2.80. The normalized spacial score (nSPS) is 12.3. The molecule has 0 aliphatic carbocycles. The van der Waals surface area contributed by atoms with Gasteiger partial charge in [-0.15, -0.1) is 0 Å². The number of allylic oxidation sites excluding steroid dienone is 4. The Kier molecular flexibility index (Phi) is 6.04. The van der Waals surface area contributed by atoms with Crippen LogP contribution in [0.4, 0.5) is 8.63 Å². The SMILES string of the molecule is C/N=C/C=C\C=C(/C)c1cccc(-c2ccccc2)c1B(F)F. The van der Waals surface area contributed by atoms with Crippen LogP contribution in [-0.4, -0.2) is 20.5 Å². The van der Waals surface area contributed by atoms with E-state index in [-0.39, 0.29) is 5.46 Å². The molecule has 116 valence electrons. The highest BCUT2D eigenvalue weighted by molar-refractivity contribution is 6.63. The van der Waals surface area contributed by atoms with E-state index in [0.717, 1.165) is 11.1 Å². The number of benzene rings is 2. The summed E-state index contributed by atoms with van der Waals surface area (Å²) in [6.45, 7) is 1.84. The highest BCUT2D eigenvalue weighted by Gasteiger charge is 2.25. The molecule has 0 fully saturated rings. The van der Waals surface area contributed by atoms with Crippen LogP contribution < -0.4 is 5.46 Å². The molecule has 0 unspecified atom stereocenters. The Bertz CT molecular complexity index is 734. The molecule has 0 bridgehead atoms. The highest BCUT2D eigenvalue weighted by atomic mass is 19.2. The lowest BCUT2D eigenvalue weighted by Crippen LogP contribution is -2.26. The lowest BCUT2D eigenvalue weighted by atomic mass is 9.75. The molecule has 0 radical (unpaired) electrons. The van der Waals surface area contributed by atoms with Crippen molar-refractivity contribution < 1.29 is 8.63 Å². The zero-order chi connectivity index (χ0) is 16.7. The van der Waals surface area contributed by atoms with Gasteiger partial charge in [-0.2, -0.15) is 0 Å². The van der Waals surface area contributed by atoms with E-state index in [1.54, 1.807) is 37.5 Å². The van der Waals surface area contributed by atoms with Gasteiger partial charge in [-0.1, -0.05) is 60.7 Å². The number of hydrogen-bond acceptors (Lipinski definition) is 1. The maximum Gasteiger partial charge on any atom is 0.573 e. The van der Waals surface area contributed by atoms with Crippen molar-refractivity contribution in [2.75, 3.05) is 7.05 Å². The first-order valence-corrected chi connectivity index (χ1v) is 7.37. The molecule has 0 aliphatic heterocycles. The van der Waals surface area contributed by atoms with Gasteiger partial charge in [-0.05, 0) is 35.3 Å². The number of hydrogen-bond donors (Lipinski definition) is 0. The summed E-state index contributed by atoms with van der Waals surface area (Å²) in [5, 5.41) is 0. The summed E-state index contributed by atoms with van der Waals surface area (Å²) >= 11 is 0. The molecule has 2 aromatic carbocycles. The predicted octanol–water partition coefficient (Wildman–Crippen LogP) is 4.65. The fraction of sp³-hybridized carbons (Fsp3) is 0.105. The quantitative estimate of drug-likeness (QED) is 0.433. The second-order valence-corrected chi connectivity index (χ2v) is 5.08. The largest absolute Gasteiger partial charge is 0.573 e. The topological polar surface area (TPSA) is 12.4 Å². The van der Waals surface area contributed by atoms with Gasteiger partial charge in [-0.25, -0.2) is 0 Å². The van der Waals surface area contributed by atoms with Crippen molar-refractivity contribution in [2.24, 2.45) is 4.99 Å². The van der Waals surface area contributed by atoms with E-state index in [1.807, 2.05) is 49.4 Å². The zero-order valence-corrected chi connectivity index (χ0v) is 13.2. The summed E-state index contributed by atoms with van der Waals surface area (Å²) in [6.07, 6.45) is 7.04. The number of rotatable bonds is 5. The van der Waals surface area contributed by atoms with Crippen LogP contribution in [0.1, 0.15) is 12.5 Å². The Morgan fingerprint density at radius 2 is 1.74 bits per heavy atom. The summed E-state index contributed by atoms with van der Waals surface area (Å²) < 4.78 is 27.4. The molecule has 0 aromatic heterocycles. The van der Waals surface area contributed by atoms with Gasteiger partial charge in [-0.3, -0.25) is 13.6 Å². The van der Waals surface area contributed by atoms with Gasteiger partial charge in [0.05, 0.1) is 0 Å². The third-order valence-electron chi connectivity index (χ3n) is 3.53. The fourth-order valence-electron chi connectivity index (χ4n) is 2.44. The first kappa shape index (κ1) is 16.9. The molecule has 0 heterocycles. The molecule has 0 saturated carbocycles. The van der Waals surface area contributed by atoms with Crippen molar-refractivity contribution in [2.45, 2.75) is 6.92 Å². The van der Waals surface area contributed by atoms with Crippen molar-refractivity contribution in [1.29, 1.82) is 0 Å². The first-order valence-electron chi connectivity index (χ1n) is 7.37. The van der Waals surface area contributed by atoms with Crippen molar-refractivity contribution in [3.05, 3.63) is 72.3 Å². The van der Waals surface area contributed by atoms with Crippen LogP contribution in [0.25, 0.3) is 16.7 Å². The van der Waals surface area contributed by atoms with Crippen molar-refractivity contribution in [3.63, 3.8) is 0 Å². The van der Waals surface area contributed by atoms with E-state index in [0.29, 0.717) is 11.1 Å². The third kappa shape index (κ3) is 4.25. The Morgan fingerprint density at radius 3 is 2.39 bits per heavy atom. The predicted molar refractivity (Wildman–Crippen MR) is 96.7 cm³/mol. The number of nitrogens with zero attached hydrogens (tertiary/aromatic N) is 1. The second kappa shape index (κ2) is 8.23. The number of halogens is 2. The van der Waals surface area contributed by atoms with E-state index in [9.17, 15) is 8.63 Å². The maximum absolute atomic E-state index is 13.7. The molecule has 0 saturated heterocycles. The van der Waals surface area contributed by atoms with Crippen LogP contribution in [0, 0.1) is 0 Å². The molecule has 2 aromatic rings. The molecule has 4 heteroatoms. The minimum atomic E-state index is -2.54. The molecule has 1 nitrogen and oxygen atoms in total. The third-order valence-corrected chi connectivity index (χ3v) is 3.53. The second-order valence-electron chi connectivity index (χ2n) is 5.08. The fourth-order valence-corrected chi connectivity index (χ4v) is 2.44. The Labute approximate surface area is 136 Å². The summed E-state index contributed by atoms with van der Waals surface area (Å²) in [5.74, 6) is 0. The van der Waals surface area contributed by atoms with E-state index in [4.69, 9.17) is 0 Å². The van der Waals surface area contributed by atoms with Gasteiger partial charge in [0.2, 0.25) is 0 Å². The minimum Gasteiger partial charge on any atom is -0.297 e. The van der Waals surface area contributed by atoms with E-state index in [1.165, 1.54) is 0 Å². The first-order chi connectivity index (χ1) is 11.1. The molecule has 0 aliphatic rings. The Balaban J connectivity index is 2.53. The molecule has 0 N–H and O–H groups in total. The molecule has 0 spiro atoms. The standard InChI is InChI=1S/C19H18BF2N/c1-15(9-6-7-14-23-2)17-12-8-13-18(19(17)20(21)22)16-10-4-3-5-11-16/h3-14H,1-2H3/b7-6-,15-9+,23-14+. The van der Waals surface area contributed by atoms with Crippen molar-refractivity contribution in [1.82, 2.24) is 0 Å². The van der Waals surface area contributed by atoms with Gasteiger partial charge in [0.25, 0.3) is 0 Å². The molecular formula is C19H18BF2N. The van der Waals surface area contributed by atoms with Crippen LogP contribution in [0.2, 0.25) is 0 Å². The van der Waals surface area contributed by atoms with Crippen LogP contribution >= 0.6 is 0 Å². The van der Waals surface area contributed by atoms with Crippen LogP contribution in [0.15, 0.2) is 71.8 Å². The molecule has 2 rings (SSSR count). The lowest BCUT2D eigenvalue weighted by Gasteiger charge is -2.13. The molecule has 23 heavy (non-hydrogen) atoms. The van der Waals surface area contributed by atoms with Gasteiger partial charge in [0, 0.05) is 18.7 Å². The monoisotopic (exact) mass is 309 g/mol. The van der Waals surface area contributed by atoms with Crippen LogP contribution in [0.3, 0.4) is 0 Å². The van der Waals surface area contributed by atoms with E-state index >= 15 is 0 Å². The lowest BCUT2D eigenvalue weighted by molar-refractivity contribution is 0.685. The van der Waals surface area contributed by atoms with Crippen molar-refractivity contribution >= 4 is 24.5 Å². The molecule has 0 atom stereocenters. The Hall–Kier alpha value is -2.49. The van der Waals surface area contributed by atoms with E-state index in [2.05, 4.69) is 4.99 Å². The van der Waals surface area contributed by atoms with Crippen LogP contribution in [-0.2, 0) is 0 Å². The summed E-state index contributed by atoms with van der Waals surface area (Å²) in [4.78, 5) is 3.84. The van der Waals surface area contributed by atoms with Gasteiger partial charge >= 0.3 is 7.27 Å². The molecular weight excluding hydrogens is 291 g/mol. The average Bonchev–Trinajstić information content (AvgIpc) is 2.58. The van der Waals surface area contributed by atoms with Crippen molar-refractivity contribution in [3.8, 4) is 11.1 Å². The van der Waals surface area contributed by atoms with Gasteiger partial charge in [0.15, 0.2) is 0 Å². The summed E-state index contributed by atoms with van der Waals surface area (Å²) in [6, 6.07) is 14.6. The zero-order valence-electron chi connectivity index (χ0n) is 13.2. The maximum atomic E-state index is 13.7. The minimum absolute atomic E-state index is 0.0741. The molecule has 0 amide bonds. The van der Waals surface area contributed by atoms with E-state index < -0.39 is 7.27 Å². The summed E-state index contributed by atoms with van der Waals surface area (Å²) in [7, 11) is -0.856. The van der Waals surface area contributed by atoms with Gasteiger partial charge in [0.1, 0.15) is 0 Å². The van der Waals surface area contributed by atoms with Crippen LogP contribution in [0.5, 0.6) is 0 Å². The average molecular weight is 309 g/mol. The highest BCUT2D eigenvalue weighted by Crippen LogP contribution is 2.23. The number of aliphatic imine (C=N–C) groups is 1. The van der Waals surface area contributed by atoms with Gasteiger partial charge < -0.3 is 0 Å².